The molecule has 0 aliphatic heterocycles. The fourth-order valence-corrected chi connectivity index (χ4v) is 2.54. The van der Waals surface area contributed by atoms with E-state index in [1.807, 2.05) is 0 Å². The van der Waals surface area contributed by atoms with E-state index in [0.717, 1.165) is 23.0 Å². The van der Waals surface area contributed by atoms with Crippen LogP contribution in [0.1, 0.15) is 24.5 Å². The second kappa shape index (κ2) is 5.01. The predicted octanol–water partition coefficient (Wildman–Crippen LogP) is 3.51. The molecule has 0 amide bonds. The van der Waals surface area contributed by atoms with Gasteiger partial charge >= 0.3 is 0 Å². The molecule has 2 N–H and O–H groups in total. The summed E-state index contributed by atoms with van der Waals surface area (Å²) in [6.07, 6.45) is 2.22. The fraction of sp³-hybridized carbons (Fsp3) is 0.286. The van der Waals surface area contributed by atoms with Crippen molar-refractivity contribution in [3.8, 4) is 17.1 Å². The lowest BCUT2D eigenvalue weighted by molar-refractivity contribution is 0.387. The summed E-state index contributed by atoms with van der Waals surface area (Å²) in [6.45, 7) is 0. The number of nitrogens with two attached hydrogens (primary N) is 1. The number of methoxy groups -OCH3 is 1. The Kier molecular flexibility index (Phi) is 3.33. The Hall–Kier alpha value is -1.69. The van der Waals surface area contributed by atoms with E-state index >= 15 is 0 Å². The highest BCUT2D eigenvalue weighted by Gasteiger charge is 2.29. The fourth-order valence-electron chi connectivity index (χ4n) is 2.04. The molecule has 0 spiro atoms. The number of rotatable bonds is 3. The third kappa shape index (κ3) is 2.35. The molecular weight excluding hydrogens is 325 g/mol. The molecule has 0 unspecified atom stereocenters. The molecule has 6 heteroatoms. The molecule has 1 saturated carbocycles. The molecule has 1 aliphatic rings. The van der Waals surface area contributed by atoms with Gasteiger partial charge in [-0.25, -0.2) is 14.4 Å². The lowest BCUT2D eigenvalue weighted by atomic mass is 10.1. The minimum atomic E-state index is -0.413. The number of benzene rings is 1. The number of aromatic nitrogens is 2. The van der Waals surface area contributed by atoms with Gasteiger partial charge in [-0.05, 0) is 47.0 Å². The minimum absolute atomic E-state index is 0.167. The third-order valence-corrected chi connectivity index (χ3v) is 4.09. The van der Waals surface area contributed by atoms with Crippen LogP contribution in [0.4, 0.5) is 10.2 Å². The predicted molar refractivity (Wildman–Crippen MR) is 78.1 cm³/mol. The second-order valence-corrected chi connectivity index (χ2v) is 5.55. The van der Waals surface area contributed by atoms with E-state index < -0.39 is 5.82 Å². The van der Waals surface area contributed by atoms with Crippen LogP contribution in [0.2, 0.25) is 0 Å². The molecule has 2 aromatic rings. The highest BCUT2D eigenvalue weighted by atomic mass is 79.9. The summed E-state index contributed by atoms with van der Waals surface area (Å²) in [6, 6.07) is 4.54. The van der Waals surface area contributed by atoms with E-state index in [9.17, 15) is 4.39 Å². The Morgan fingerprint density at radius 3 is 2.75 bits per heavy atom. The molecule has 1 aromatic carbocycles. The van der Waals surface area contributed by atoms with Crippen molar-refractivity contribution in [1.29, 1.82) is 0 Å². The maximum Gasteiger partial charge on any atom is 0.165 e. The Labute approximate surface area is 124 Å². The molecule has 1 heterocycles. The van der Waals surface area contributed by atoms with Gasteiger partial charge in [0.15, 0.2) is 17.4 Å². The number of anilines is 1. The van der Waals surface area contributed by atoms with Crippen molar-refractivity contribution in [2.75, 3.05) is 12.8 Å². The van der Waals surface area contributed by atoms with Gasteiger partial charge in [-0.2, -0.15) is 0 Å². The van der Waals surface area contributed by atoms with Crippen molar-refractivity contribution in [2.24, 2.45) is 0 Å². The van der Waals surface area contributed by atoms with Crippen molar-refractivity contribution in [3.63, 3.8) is 0 Å². The average Bonchev–Trinajstić information content (AvgIpc) is 3.27. The van der Waals surface area contributed by atoms with Gasteiger partial charge in [-0.3, -0.25) is 0 Å². The van der Waals surface area contributed by atoms with Crippen LogP contribution < -0.4 is 10.5 Å². The molecular formula is C14H13BrFN3O. The molecule has 4 nitrogen and oxygen atoms in total. The number of nitrogen functional groups attached to an aromatic ring is 1. The summed E-state index contributed by atoms with van der Waals surface area (Å²) in [5.74, 6) is 1.09. The number of ether oxygens (including phenoxy) is 1. The Bertz CT molecular complexity index is 674. The SMILES string of the molecule is COc1cc(-c2nc(N)c(Br)c(C3CC3)n2)ccc1F. The smallest absolute Gasteiger partial charge is 0.165 e. The van der Waals surface area contributed by atoms with E-state index in [0.29, 0.717) is 23.1 Å². The zero-order valence-corrected chi connectivity index (χ0v) is 12.4. The van der Waals surface area contributed by atoms with Crippen LogP contribution in [0.3, 0.4) is 0 Å². The Morgan fingerprint density at radius 2 is 2.10 bits per heavy atom. The van der Waals surface area contributed by atoms with Crippen molar-refractivity contribution in [1.82, 2.24) is 9.97 Å². The van der Waals surface area contributed by atoms with Gasteiger partial charge in [0.05, 0.1) is 17.3 Å². The van der Waals surface area contributed by atoms with E-state index in [4.69, 9.17) is 10.5 Å². The highest BCUT2D eigenvalue weighted by molar-refractivity contribution is 9.10. The number of hydrogen-bond acceptors (Lipinski definition) is 4. The van der Waals surface area contributed by atoms with Crippen molar-refractivity contribution >= 4 is 21.7 Å². The first-order valence-electron chi connectivity index (χ1n) is 6.27. The monoisotopic (exact) mass is 337 g/mol. The summed E-state index contributed by atoms with van der Waals surface area (Å²) in [4.78, 5) is 8.82. The molecule has 0 saturated heterocycles. The molecule has 104 valence electrons. The summed E-state index contributed by atoms with van der Waals surface area (Å²) in [5, 5.41) is 0. The van der Waals surface area contributed by atoms with Crippen LogP contribution >= 0.6 is 15.9 Å². The molecule has 20 heavy (non-hydrogen) atoms. The molecule has 0 atom stereocenters. The maximum absolute atomic E-state index is 13.4. The van der Waals surface area contributed by atoms with E-state index in [-0.39, 0.29) is 5.75 Å². The summed E-state index contributed by atoms with van der Waals surface area (Å²) in [7, 11) is 1.43. The third-order valence-electron chi connectivity index (χ3n) is 3.28. The zero-order valence-electron chi connectivity index (χ0n) is 10.9. The molecule has 3 rings (SSSR count). The van der Waals surface area contributed by atoms with Crippen LogP contribution in [-0.2, 0) is 0 Å². The molecule has 0 radical (unpaired) electrons. The highest BCUT2D eigenvalue weighted by Crippen LogP contribution is 2.44. The van der Waals surface area contributed by atoms with Crippen molar-refractivity contribution in [2.45, 2.75) is 18.8 Å². The summed E-state index contributed by atoms with van der Waals surface area (Å²) in [5.41, 5.74) is 7.53. The number of hydrogen-bond donors (Lipinski definition) is 1. The molecule has 0 bridgehead atoms. The van der Waals surface area contributed by atoms with Gasteiger partial charge in [-0.1, -0.05) is 0 Å². The Morgan fingerprint density at radius 1 is 1.35 bits per heavy atom. The number of halogens is 2. The van der Waals surface area contributed by atoms with Crippen LogP contribution in [0.15, 0.2) is 22.7 Å². The van der Waals surface area contributed by atoms with Crippen LogP contribution in [-0.4, -0.2) is 17.1 Å². The standard InChI is InChI=1S/C14H13BrFN3O/c1-20-10-6-8(4-5-9(10)16)14-18-12(7-2-3-7)11(15)13(17)19-14/h4-7H,2-3H2,1H3,(H2,17,18,19). The van der Waals surface area contributed by atoms with Gasteiger partial charge in [0, 0.05) is 11.5 Å². The van der Waals surface area contributed by atoms with Gasteiger partial charge in [0.2, 0.25) is 0 Å². The maximum atomic E-state index is 13.4. The second-order valence-electron chi connectivity index (χ2n) is 4.76. The van der Waals surface area contributed by atoms with Gasteiger partial charge < -0.3 is 10.5 Å². The first-order valence-corrected chi connectivity index (χ1v) is 7.06. The quantitative estimate of drug-likeness (QED) is 0.930. The summed E-state index contributed by atoms with van der Waals surface area (Å²) >= 11 is 3.43. The lowest BCUT2D eigenvalue weighted by Gasteiger charge is -2.09. The Balaban J connectivity index is 2.10. The van der Waals surface area contributed by atoms with E-state index in [1.54, 1.807) is 12.1 Å². The molecule has 1 aliphatic carbocycles. The van der Waals surface area contributed by atoms with Crippen molar-refractivity contribution < 1.29 is 9.13 Å². The molecule has 1 aromatic heterocycles. The van der Waals surface area contributed by atoms with Crippen LogP contribution in [0.25, 0.3) is 11.4 Å². The van der Waals surface area contributed by atoms with Crippen LogP contribution in [0, 0.1) is 5.82 Å². The van der Waals surface area contributed by atoms with Crippen LogP contribution in [0.5, 0.6) is 5.75 Å². The molecule has 1 fully saturated rings. The van der Waals surface area contributed by atoms with Gasteiger partial charge in [-0.15, -0.1) is 0 Å². The van der Waals surface area contributed by atoms with Crippen molar-refractivity contribution in [3.05, 3.63) is 34.2 Å². The first kappa shape index (κ1) is 13.3. The lowest BCUT2D eigenvalue weighted by Crippen LogP contribution is -2.02. The van der Waals surface area contributed by atoms with E-state index in [2.05, 4.69) is 25.9 Å². The van der Waals surface area contributed by atoms with E-state index in [1.165, 1.54) is 13.2 Å². The minimum Gasteiger partial charge on any atom is -0.494 e. The average molecular weight is 338 g/mol. The van der Waals surface area contributed by atoms with Gasteiger partial charge in [0.1, 0.15) is 5.82 Å². The number of nitrogens with zero attached hydrogens (tertiary/aromatic N) is 2. The van der Waals surface area contributed by atoms with Gasteiger partial charge in [0.25, 0.3) is 0 Å². The normalized spacial score (nSPS) is 14.3. The summed E-state index contributed by atoms with van der Waals surface area (Å²) < 4.78 is 19.2. The topological polar surface area (TPSA) is 61.0 Å². The zero-order chi connectivity index (χ0) is 14.3. The largest absolute Gasteiger partial charge is 0.494 e. The first-order chi connectivity index (χ1) is 9.60.